The van der Waals surface area contributed by atoms with Crippen molar-refractivity contribution in [2.24, 2.45) is 5.92 Å². The molecule has 0 aromatic heterocycles. The Morgan fingerprint density at radius 1 is 1.15 bits per heavy atom. The number of aliphatic hydroxyl groups is 1. The minimum Gasteiger partial charge on any atom is -0.388 e. The molecule has 3 rings (SSSR count). The van der Waals surface area contributed by atoms with E-state index in [1.165, 1.54) is 25.1 Å². The van der Waals surface area contributed by atoms with E-state index in [1.807, 2.05) is 13.0 Å². The molecule has 1 saturated carbocycles. The number of aliphatic hydroxyl groups excluding tert-OH is 1. The second-order valence-corrected chi connectivity index (χ2v) is 6.21. The van der Waals surface area contributed by atoms with Gasteiger partial charge < -0.3 is 10.0 Å². The minimum absolute atomic E-state index is 0.337. The van der Waals surface area contributed by atoms with Crippen LogP contribution in [0.1, 0.15) is 37.9 Å². The summed E-state index contributed by atoms with van der Waals surface area (Å²) in [5.74, 6) is 0.982. The van der Waals surface area contributed by atoms with E-state index in [0.29, 0.717) is 0 Å². The molecule has 110 valence electrons. The lowest BCUT2D eigenvalue weighted by Gasteiger charge is -2.37. The van der Waals surface area contributed by atoms with Gasteiger partial charge in [-0.05, 0) is 31.2 Å². The topological polar surface area (TPSA) is 26.7 Å². The van der Waals surface area contributed by atoms with Gasteiger partial charge in [0, 0.05) is 44.0 Å². The van der Waals surface area contributed by atoms with E-state index in [1.54, 1.807) is 0 Å². The Kier molecular flexibility index (Phi) is 4.27. The molecule has 1 aromatic rings. The summed E-state index contributed by atoms with van der Waals surface area (Å²) in [6, 6.07) is 8.34. The highest BCUT2D eigenvalue weighted by Gasteiger charge is 2.27. The first-order chi connectivity index (χ1) is 9.78. The van der Waals surface area contributed by atoms with Gasteiger partial charge in [0.2, 0.25) is 0 Å². The van der Waals surface area contributed by atoms with Crippen LogP contribution in [-0.2, 0) is 0 Å². The Morgan fingerprint density at radius 2 is 1.85 bits per heavy atom. The van der Waals surface area contributed by atoms with E-state index in [-0.39, 0.29) is 6.10 Å². The Hall–Kier alpha value is -1.06. The molecule has 3 nitrogen and oxygen atoms in total. The molecule has 0 amide bonds. The van der Waals surface area contributed by atoms with Crippen molar-refractivity contribution in [2.75, 3.05) is 37.6 Å². The molecule has 2 aliphatic rings. The monoisotopic (exact) mass is 274 g/mol. The molecular formula is C17H26N2O. The van der Waals surface area contributed by atoms with Gasteiger partial charge in [-0.3, -0.25) is 4.90 Å². The number of rotatable bonds is 5. The quantitative estimate of drug-likeness (QED) is 0.894. The van der Waals surface area contributed by atoms with Crippen molar-refractivity contribution in [1.82, 2.24) is 4.90 Å². The van der Waals surface area contributed by atoms with Gasteiger partial charge in [-0.2, -0.15) is 0 Å². The van der Waals surface area contributed by atoms with Crippen molar-refractivity contribution in [3.8, 4) is 0 Å². The molecule has 0 spiro atoms. The summed E-state index contributed by atoms with van der Waals surface area (Å²) in [6.07, 6.45) is 3.31. The third-order valence-electron chi connectivity index (χ3n) is 4.61. The second-order valence-electron chi connectivity index (χ2n) is 6.21. The number of hydrogen-bond acceptors (Lipinski definition) is 3. The van der Waals surface area contributed by atoms with E-state index in [2.05, 4.69) is 28.0 Å². The van der Waals surface area contributed by atoms with E-state index in [9.17, 15) is 5.11 Å². The molecule has 1 N–H and O–H groups in total. The predicted molar refractivity (Wildman–Crippen MR) is 83.1 cm³/mol. The van der Waals surface area contributed by atoms with Crippen molar-refractivity contribution < 1.29 is 5.11 Å². The van der Waals surface area contributed by atoms with E-state index >= 15 is 0 Å². The minimum atomic E-state index is -0.337. The molecule has 0 radical (unpaired) electrons. The zero-order chi connectivity index (χ0) is 13.9. The molecule has 1 aromatic carbocycles. The zero-order valence-corrected chi connectivity index (χ0v) is 12.5. The van der Waals surface area contributed by atoms with Gasteiger partial charge in [0.05, 0.1) is 6.10 Å². The second kappa shape index (κ2) is 6.15. The third-order valence-corrected chi connectivity index (χ3v) is 4.61. The Bertz CT molecular complexity index is 436. The van der Waals surface area contributed by atoms with Gasteiger partial charge in [0.25, 0.3) is 0 Å². The Morgan fingerprint density at radius 3 is 2.50 bits per heavy atom. The highest BCUT2D eigenvalue weighted by molar-refractivity contribution is 5.55. The van der Waals surface area contributed by atoms with Crippen LogP contribution >= 0.6 is 0 Å². The van der Waals surface area contributed by atoms with Crippen LogP contribution in [0.5, 0.6) is 0 Å². The molecule has 1 heterocycles. The van der Waals surface area contributed by atoms with Crippen LogP contribution in [0.3, 0.4) is 0 Å². The average molecular weight is 274 g/mol. The molecular weight excluding hydrogens is 248 g/mol. The highest BCUT2D eigenvalue weighted by atomic mass is 16.3. The van der Waals surface area contributed by atoms with Crippen LogP contribution in [0.2, 0.25) is 0 Å². The maximum Gasteiger partial charge on any atom is 0.0807 e. The molecule has 1 atom stereocenters. The van der Waals surface area contributed by atoms with Gasteiger partial charge >= 0.3 is 0 Å². The lowest BCUT2D eigenvalue weighted by atomic mass is 10.0. The summed E-state index contributed by atoms with van der Waals surface area (Å²) in [4.78, 5) is 5.05. The SMILES string of the molecule is CC[C@@H](O)c1ccccc1N1CCN(CC2CC2)CC1. The summed E-state index contributed by atoms with van der Waals surface area (Å²) < 4.78 is 0. The largest absolute Gasteiger partial charge is 0.388 e. The number of benzene rings is 1. The number of anilines is 1. The fourth-order valence-corrected chi connectivity index (χ4v) is 3.11. The van der Waals surface area contributed by atoms with Crippen molar-refractivity contribution in [3.63, 3.8) is 0 Å². The van der Waals surface area contributed by atoms with Crippen LogP contribution in [0.25, 0.3) is 0 Å². The van der Waals surface area contributed by atoms with Gasteiger partial charge in [0.1, 0.15) is 0 Å². The first-order valence-electron chi connectivity index (χ1n) is 8.02. The standard InChI is InChI=1S/C17H26N2O/c1-2-17(20)15-5-3-4-6-16(15)19-11-9-18(10-12-19)13-14-7-8-14/h3-6,14,17,20H,2,7-13H2,1H3/t17-/m1/s1. The summed E-state index contributed by atoms with van der Waals surface area (Å²) in [5, 5.41) is 10.2. The number of nitrogens with zero attached hydrogens (tertiary/aromatic N) is 2. The van der Waals surface area contributed by atoms with Crippen LogP contribution in [0, 0.1) is 5.92 Å². The molecule has 1 saturated heterocycles. The molecule has 2 fully saturated rings. The van der Waals surface area contributed by atoms with Gasteiger partial charge in [-0.25, -0.2) is 0 Å². The fraction of sp³-hybridized carbons (Fsp3) is 0.647. The molecule has 1 aliphatic carbocycles. The summed E-state index contributed by atoms with van der Waals surface area (Å²) in [6.45, 7) is 7.82. The molecule has 0 unspecified atom stereocenters. The van der Waals surface area contributed by atoms with Crippen molar-refractivity contribution in [3.05, 3.63) is 29.8 Å². The van der Waals surface area contributed by atoms with Crippen LogP contribution in [0.15, 0.2) is 24.3 Å². The molecule has 20 heavy (non-hydrogen) atoms. The first kappa shape index (κ1) is 13.9. The first-order valence-corrected chi connectivity index (χ1v) is 8.02. The van der Waals surface area contributed by atoms with Crippen LogP contribution in [-0.4, -0.2) is 42.7 Å². The Labute approximate surface area is 122 Å². The van der Waals surface area contributed by atoms with E-state index < -0.39 is 0 Å². The number of piperazine rings is 1. The average Bonchev–Trinajstić information content (AvgIpc) is 3.31. The van der Waals surface area contributed by atoms with E-state index in [0.717, 1.165) is 44.1 Å². The van der Waals surface area contributed by atoms with Crippen molar-refractivity contribution in [2.45, 2.75) is 32.3 Å². The smallest absolute Gasteiger partial charge is 0.0807 e. The van der Waals surface area contributed by atoms with Crippen LogP contribution < -0.4 is 4.90 Å². The predicted octanol–water partition coefficient (Wildman–Crippen LogP) is 2.66. The highest BCUT2D eigenvalue weighted by Crippen LogP contribution is 2.31. The summed E-state index contributed by atoms with van der Waals surface area (Å²) >= 11 is 0. The van der Waals surface area contributed by atoms with Crippen LogP contribution in [0.4, 0.5) is 5.69 Å². The molecule has 0 bridgehead atoms. The normalized spacial score (nSPS) is 22.0. The lowest BCUT2D eigenvalue weighted by Crippen LogP contribution is -2.47. The maximum atomic E-state index is 10.2. The molecule has 1 aliphatic heterocycles. The van der Waals surface area contributed by atoms with Crippen molar-refractivity contribution >= 4 is 5.69 Å². The van der Waals surface area contributed by atoms with Gasteiger partial charge in [-0.15, -0.1) is 0 Å². The fourth-order valence-electron chi connectivity index (χ4n) is 3.11. The number of para-hydroxylation sites is 1. The van der Waals surface area contributed by atoms with Gasteiger partial charge in [-0.1, -0.05) is 25.1 Å². The third kappa shape index (κ3) is 3.15. The molecule has 3 heteroatoms. The summed E-state index contributed by atoms with van der Waals surface area (Å²) in [5.41, 5.74) is 2.32. The van der Waals surface area contributed by atoms with Crippen molar-refractivity contribution in [1.29, 1.82) is 0 Å². The summed E-state index contributed by atoms with van der Waals surface area (Å²) in [7, 11) is 0. The Balaban J connectivity index is 1.64. The number of hydrogen-bond donors (Lipinski definition) is 1. The lowest BCUT2D eigenvalue weighted by molar-refractivity contribution is 0.173. The van der Waals surface area contributed by atoms with E-state index in [4.69, 9.17) is 0 Å². The van der Waals surface area contributed by atoms with Gasteiger partial charge in [0.15, 0.2) is 0 Å². The zero-order valence-electron chi connectivity index (χ0n) is 12.5. The maximum absolute atomic E-state index is 10.2.